The molecule has 0 saturated heterocycles. The van der Waals surface area contributed by atoms with Crippen molar-refractivity contribution in [3.63, 3.8) is 0 Å². The smallest absolute Gasteiger partial charge is 0.128 e. The number of rotatable bonds is 3. The summed E-state index contributed by atoms with van der Waals surface area (Å²) in [5, 5.41) is 1.83. The molecule has 1 aliphatic carbocycles. The number of benzene rings is 1. The summed E-state index contributed by atoms with van der Waals surface area (Å²) >= 11 is 6.28. The van der Waals surface area contributed by atoms with Crippen molar-refractivity contribution in [2.45, 2.75) is 31.1 Å². The van der Waals surface area contributed by atoms with E-state index < -0.39 is 0 Å². The minimum Gasteiger partial charge on any atom is -0.496 e. The van der Waals surface area contributed by atoms with Crippen LogP contribution in [0.4, 0.5) is 0 Å². The summed E-state index contributed by atoms with van der Waals surface area (Å²) in [4.78, 5) is 3.30. The third-order valence-electron chi connectivity index (χ3n) is 4.49. The van der Waals surface area contributed by atoms with Gasteiger partial charge in [0.25, 0.3) is 0 Å². The number of H-pyrrole nitrogens is 1. The maximum absolute atomic E-state index is 6.28. The highest BCUT2D eigenvalue weighted by molar-refractivity contribution is 6.35. The van der Waals surface area contributed by atoms with E-state index in [1.807, 2.05) is 12.1 Å². The fraction of sp³-hybridized carbons (Fsp3) is 0.467. The Hall–Kier alpha value is -1.19. The third-order valence-corrected chi connectivity index (χ3v) is 4.80. The van der Waals surface area contributed by atoms with E-state index in [-0.39, 0.29) is 5.41 Å². The predicted molar refractivity (Wildman–Crippen MR) is 79.1 cm³/mol. The molecule has 0 bridgehead atoms. The molecule has 0 atom stereocenters. The van der Waals surface area contributed by atoms with Crippen LogP contribution in [0.1, 0.15) is 31.2 Å². The van der Waals surface area contributed by atoms with E-state index in [2.05, 4.69) is 11.2 Å². The number of ether oxygens (including phenoxy) is 1. The Balaban J connectivity index is 2.27. The van der Waals surface area contributed by atoms with Crippen LogP contribution in [0.15, 0.2) is 18.3 Å². The van der Waals surface area contributed by atoms with Crippen molar-refractivity contribution in [2.24, 2.45) is 5.73 Å². The third kappa shape index (κ3) is 1.84. The van der Waals surface area contributed by atoms with Crippen LogP contribution >= 0.6 is 11.6 Å². The molecule has 3 rings (SSSR count). The molecular formula is C15H19ClN2O. The first-order valence-corrected chi connectivity index (χ1v) is 7.14. The lowest BCUT2D eigenvalue weighted by molar-refractivity contribution is 0.416. The van der Waals surface area contributed by atoms with E-state index in [9.17, 15) is 0 Å². The zero-order valence-corrected chi connectivity index (χ0v) is 11.9. The van der Waals surface area contributed by atoms with Crippen molar-refractivity contribution in [1.29, 1.82) is 0 Å². The second kappa shape index (κ2) is 4.73. The van der Waals surface area contributed by atoms with E-state index in [0.29, 0.717) is 6.54 Å². The zero-order chi connectivity index (χ0) is 13.5. The number of hydrogen-bond acceptors (Lipinski definition) is 2. The molecule has 102 valence electrons. The maximum atomic E-state index is 6.28. The van der Waals surface area contributed by atoms with Gasteiger partial charge in [-0.15, -0.1) is 0 Å². The molecule has 4 heteroatoms. The van der Waals surface area contributed by atoms with E-state index in [0.717, 1.165) is 34.5 Å². The van der Waals surface area contributed by atoms with Crippen molar-refractivity contribution in [1.82, 2.24) is 4.98 Å². The number of nitrogens with one attached hydrogen (secondary N) is 1. The average molecular weight is 279 g/mol. The number of methoxy groups -OCH3 is 1. The molecule has 1 heterocycles. The van der Waals surface area contributed by atoms with Crippen LogP contribution in [-0.2, 0) is 5.41 Å². The number of aromatic nitrogens is 1. The lowest BCUT2D eigenvalue weighted by Crippen LogP contribution is -2.31. The Morgan fingerprint density at radius 1 is 1.37 bits per heavy atom. The first kappa shape index (κ1) is 12.8. The van der Waals surface area contributed by atoms with E-state index in [1.165, 1.54) is 18.4 Å². The maximum Gasteiger partial charge on any atom is 0.128 e. The minimum absolute atomic E-state index is 0.0796. The fourth-order valence-corrected chi connectivity index (χ4v) is 3.62. The quantitative estimate of drug-likeness (QED) is 0.901. The summed E-state index contributed by atoms with van der Waals surface area (Å²) in [5.74, 6) is 0.871. The zero-order valence-electron chi connectivity index (χ0n) is 11.1. The van der Waals surface area contributed by atoms with Gasteiger partial charge in [-0.05, 0) is 30.5 Å². The van der Waals surface area contributed by atoms with Crippen molar-refractivity contribution in [3.8, 4) is 5.75 Å². The van der Waals surface area contributed by atoms with E-state index >= 15 is 0 Å². The first-order chi connectivity index (χ1) is 9.22. The molecular weight excluding hydrogens is 260 g/mol. The van der Waals surface area contributed by atoms with Gasteiger partial charge in [-0.25, -0.2) is 0 Å². The number of aromatic amines is 1. The van der Waals surface area contributed by atoms with Gasteiger partial charge in [0, 0.05) is 23.5 Å². The van der Waals surface area contributed by atoms with Gasteiger partial charge >= 0.3 is 0 Å². The Bertz CT molecular complexity index is 599. The second-order valence-corrected chi connectivity index (χ2v) is 5.80. The van der Waals surface area contributed by atoms with E-state index in [4.69, 9.17) is 22.1 Å². The van der Waals surface area contributed by atoms with Gasteiger partial charge in [0.2, 0.25) is 0 Å². The molecule has 0 aliphatic heterocycles. The van der Waals surface area contributed by atoms with Crippen molar-refractivity contribution in [2.75, 3.05) is 13.7 Å². The molecule has 2 aromatic rings. The minimum atomic E-state index is 0.0796. The highest BCUT2D eigenvalue weighted by Crippen LogP contribution is 2.46. The molecule has 0 amide bonds. The van der Waals surface area contributed by atoms with Crippen molar-refractivity contribution >= 4 is 22.5 Å². The number of fused-ring (bicyclic) bond motifs is 1. The monoisotopic (exact) mass is 278 g/mol. The Kier molecular flexibility index (Phi) is 3.19. The Morgan fingerprint density at radius 2 is 2.11 bits per heavy atom. The molecule has 0 unspecified atom stereocenters. The normalized spacial score (nSPS) is 18.1. The summed E-state index contributed by atoms with van der Waals surface area (Å²) < 4.78 is 5.51. The standard InChI is InChI=1S/C15H19ClN2O/c1-19-12-5-4-11(16)14-13(12)10(8-18-14)15(9-17)6-2-3-7-15/h4-5,8,18H,2-3,6-7,9,17H2,1H3. The molecule has 1 aliphatic rings. The molecule has 0 spiro atoms. The van der Waals surface area contributed by atoms with Crippen LogP contribution in [0.3, 0.4) is 0 Å². The van der Waals surface area contributed by atoms with Gasteiger partial charge in [-0.3, -0.25) is 0 Å². The van der Waals surface area contributed by atoms with Gasteiger partial charge in [-0.1, -0.05) is 24.4 Å². The van der Waals surface area contributed by atoms with Gasteiger partial charge in [0.15, 0.2) is 0 Å². The topological polar surface area (TPSA) is 51.0 Å². The highest BCUT2D eigenvalue weighted by Gasteiger charge is 2.37. The van der Waals surface area contributed by atoms with Crippen molar-refractivity contribution in [3.05, 3.63) is 28.9 Å². The number of halogens is 1. The lowest BCUT2D eigenvalue weighted by Gasteiger charge is -2.27. The summed E-state index contributed by atoms with van der Waals surface area (Å²) in [6, 6.07) is 3.80. The van der Waals surface area contributed by atoms with Crippen LogP contribution in [-0.4, -0.2) is 18.6 Å². The molecule has 1 aromatic heterocycles. The predicted octanol–water partition coefficient (Wildman–Crippen LogP) is 3.60. The van der Waals surface area contributed by atoms with Gasteiger partial charge in [-0.2, -0.15) is 0 Å². The molecule has 0 radical (unpaired) electrons. The van der Waals surface area contributed by atoms with Gasteiger partial charge < -0.3 is 15.5 Å². The average Bonchev–Trinajstić information content (AvgIpc) is 3.06. The summed E-state index contributed by atoms with van der Waals surface area (Å²) in [6.45, 7) is 0.676. The van der Waals surface area contributed by atoms with Gasteiger partial charge in [0.1, 0.15) is 5.75 Å². The SMILES string of the molecule is COc1ccc(Cl)c2[nH]cc(C3(CN)CCCC3)c12. The summed E-state index contributed by atoms with van der Waals surface area (Å²) in [7, 11) is 1.70. The molecule has 1 aromatic carbocycles. The van der Waals surface area contributed by atoms with Crippen molar-refractivity contribution < 1.29 is 4.74 Å². The highest BCUT2D eigenvalue weighted by atomic mass is 35.5. The van der Waals surface area contributed by atoms with Crippen LogP contribution < -0.4 is 10.5 Å². The number of nitrogens with two attached hydrogens (primary N) is 1. The largest absolute Gasteiger partial charge is 0.496 e. The van der Waals surface area contributed by atoms with Crippen LogP contribution in [0.2, 0.25) is 5.02 Å². The lowest BCUT2D eigenvalue weighted by atomic mass is 9.79. The molecule has 1 saturated carbocycles. The fourth-order valence-electron chi connectivity index (χ4n) is 3.41. The molecule has 3 N–H and O–H groups in total. The summed E-state index contributed by atoms with van der Waals surface area (Å²) in [5.41, 5.74) is 8.39. The molecule has 1 fully saturated rings. The first-order valence-electron chi connectivity index (χ1n) is 6.76. The Labute approximate surface area is 118 Å². The molecule has 3 nitrogen and oxygen atoms in total. The second-order valence-electron chi connectivity index (χ2n) is 5.39. The number of hydrogen-bond donors (Lipinski definition) is 2. The van der Waals surface area contributed by atoms with E-state index in [1.54, 1.807) is 7.11 Å². The van der Waals surface area contributed by atoms with Gasteiger partial charge in [0.05, 0.1) is 17.6 Å². The van der Waals surface area contributed by atoms with Crippen LogP contribution in [0.25, 0.3) is 10.9 Å². The molecule has 19 heavy (non-hydrogen) atoms. The Morgan fingerprint density at radius 3 is 2.74 bits per heavy atom. The van der Waals surface area contributed by atoms with Crippen LogP contribution in [0, 0.1) is 0 Å². The summed E-state index contributed by atoms with van der Waals surface area (Å²) in [6.07, 6.45) is 6.84. The van der Waals surface area contributed by atoms with Crippen LogP contribution in [0.5, 0.6) is 5.75 Å².